The summed E-state index contributed by atoms with van der Waals surface area (Å²) in [6, 6.07) is -13.1. The Kier molecular flexibility index (Phi) is 49.3. The minimum absolute atomic E-state index is 0.0693. The summed E-state index contributed by atoms with van der Waals surface area (Å²) in [5, 5.41) is 73.7. The highest BCUT2D eigenvalue weighted by Crippen LogP contribution is 2.15. The maximum absolute atomic E-state index is 14.8. The smallest absolute Gasteiger partial charge is 0.326 e. The molecule has 0 spiro atoms. The Morgan fingerprint density at radius 2 is 0.790 bits per heavy atom. The number of nitrogens with two attached hydrogens (primary N) is 7. The molecule has 0 aliphatic carbocycles. The highest BCUT2D eigenvalue weighted by molar-refractivity contribution is 7.80. The van der Waals surface area contributed by atoms with Crippen molar-refractivity contribution in [3.05, 3.63) is 35.9 Å². The van der Waals surface area contributed by atoms with E-state index in [2.05, 4.69) is 110 Å². The number of carboxylic acids is 1. The molecule has 0 saturated heterocycles. The van der Waals surface area contributed by atoms with Gasteiger partial charge in [0.25, 0.3) is 0 Å². The fourth-order valence-corrected chi connectivity index (χ4v) is 11.7. The van der Waals surface area contributed by atoms with Crippen molar-refractivity contribution in [2.45, 2.75) is 236 Å². The SMILES string of the molecule is CC[C@H](C)[C@H](NC(=O)[C@H](CCC(N)=O)NC(=O)[C@H](Cc1ccccc1)NC(=O)[C@@H](NC(=O)[C@H](CCCCN)NC(=O)[C@H](CCC(N)=O)NC(=O)[C@H](CCCNC(=N)N)NC(=O)[C@@H](N)[C@@H](C)O)C(C)C)C(=O)N[C@@H](CS)C(=O)N[C@H](C(=O)N[C@@H](CS)C(=O)N[C@@H](C)C(=O)N[C@@H](CC(N)=O)C(=O)NCC(=O)N[C@@H](CCCNC(=N)N)C(=O)O)C(C)C. The Morgan fingerprint density at radius 3 is 1.20 bits per heavy atom. The van der Waals surface area contributed by atoms with Crippen LogP contribution in [-0.4, -0.2) is 257 Å². The molecule has 0 fully saturated rings. The van der Waals surface area contributed by atoms with Gasteiger partial charge in [0, 0.05) is 43.9 Å². The molecule has 0 aliphatic heterocycles. The van der Waals surface area contributed by atoms with Gasteiger partial charge < -0.3 is 135 Å². The van der Waals surface area contributed by atoms with Gasteiger partial charge in [-0.1, -0.05) is 78.3 Å². The number of rotatable bonds is 58. The lowest BCUT2D eigenvalue weighted by Crippen LogP contribution is -2.62. The molecule has 0 aliphatic rings. The van der Waals surface area contributed by atoms with Gasteiger partial charge >= 0.3 is 5.97 Å². The number of thiol groups is 2. The van der Waals surface area contributed by atoms with Crippen LogP contribution in [0.3, 0.4) is 0 Å². The topological polar surface area (TPSA) is 770 Å². The second-order valence-corrected chi connectivity index (χ2v) is 29.7. The number of carbonyl (C=O) groups is 18. The van der Waals surface area contributed by atoms with Crippen LogP contribution in [0, 0.1) is 28.6 Å². The summed E-state index contributed by atoms with van der Waals surface area (Å²) in [5.41, 5.74) is 39.1. The van der Waals surface area contributed by atoms with Gasteiger partial charge in [0.05, 0.1) is 19.1 Å². The number of aliphatic hydroxyl groups excluding tert-OH is 1. The zero-order valence-electron chi connectivity index (χ0n) is 68.1. The van der Waals surface area contributed by atoms with Crippen molar-refractivity contribution in [1.82, 2.24) is 85.1 Å². The van der Waals surface area contributed by atoms with Gasteiger partial charge in [0.2, 0.25) is 100 Å². The van der Waals surface area contributed by atoms with Crippen LogP contribution in [0.25, 0.3) is 0 Å². The van der Waals surface area contributed by atoms with Gasteiger partial charge in [-0.05, 0) is 101 Å². The normalized spacial score (nSPS) is 15.1. The van der Waals surface area contributed by atoms with Crippen molar-refractivity contribution < 1.29 is 96.5 Å². The van der Waals surface area contributed by atoms with Crippen LogP contribution >= 0.6 is 25.3 Å². The van der Waals surface area contributed by atoms with Gasteiger partial charge in [0.1, 0.15) is 84.6 Å². The van der Waals surface area contributed by atoms with Crippen LogP contribution in [0.15, 0.2) is 30.3 Å². The number of hydrogen-bond acceptors (Lipinski definition) is 25. The zero-order chi connectivity index (χ0) is 90.5. The third-order valence-electron chi connectivity index (χ3n) is 18.3. The van der Waals surface area contributed by atoms with E-state index in [0.717, 1.165) is 0 Å². The maximum Gasteiger partial charge on any atom is 0.326 e. The van der Waals surface area contributed by atoms with E-state index in [1.165, 1.54) is 27.7 Å². The molecule has 0 heterocycles. The molecule has 1 aromatic rings. The summed E-state index contributed by atoms with van der Waals surface area (Å²) < 4.78 is 0. The molecule has 119 heavy (non-hydrogen) atoms. The lowest BCUT2D eigenvalue weighted by atomic mass is 9.96. The molecule has 0 radical (unpaired) electrons. The van der Waals surface area contributed by atoms with Crippen molar-refractivity contribution in [3.8, 4) is 0 Å². The van der Waals surface area contributed by atoms with Crippen LogP contribution in [-0.2, 0) is 92.7 Å². The van der Waals surface area contributed by atoms with E-state index in [9.17, 15) is 96.5 Å². The Labute approximate surface area is 700 Å². The van der Waals surface area contributed by atoms with Crippen LogP contribution in [0.1, 0.15) is 144 Å². The van der Waals surface area contributed by atoms with Crippen molar-refractivity contribution in [2.75, 3.05) is 37.7 Å². The quantitative estimate of drug-likeness (QED) is 0.0125. The number of aliphatic hydroxyl groups is 1. The third-order valence-corrected chi connectivity index (χ3v) is 19.0. The molecule has 0 unspecified atom stereocenters. The molecule has 1 aromatic carbocycles. The fourth-order valence-electron chi connectivity index (χ4n) is 11.1. The number of guanidine groups is 2. The van der Waals surface area contributed by atoms with Gasteiger partial charge in [-0.25, -0.2) is 4.79 Å². The number of unbranched alkanes of at least 4 members (excludes halogenated alkanes) is 1. The second kappa shape index (κ2) is 55.5. The number of carbonyl (C=O) groups excluding carboxylic acids is 17. The van der Waals surface area contributed by atoms with Crippen molar-refractivity contribution in [1.29, 1.82) is 10.8 Å². The first-order chi connectivity index (χ1) is 55.8. The number of primary amides is 3. The van der Waals surface area contributed by atoms with Gasteiger partial charge in [-0.3, -0.25) is 92.3 Å². The third kappa shape index (κ3) is 41.2. The second-order valence-electron chi connectivity index (χ2n) is 29.0. The molecule has 1 rings (SSSR count). The van der Waals surface area contributed by atoms with Gasteiger partial charge in [0.15, 0.2) is 11.9 Å². The molecule has 668 valence electrons. The first-order valence-corrected chi connectivity index (χ1v) is 39.9. The fraction of sp³-hybridized carbons (Fsp3) is 0.639. The molecule has 45 nitrogen and oxygen atoms in total. The Balaban J connectivity index is 3.55. The molecule has 0 bridgehead atoms. The van der Waals surface area contributed by atoms with Crippen molar-refractivity contribution in [2.24, 2.45) is 57.9 Å². The predicted octanol–water partition coefficient (Wildman–Crippen LogP) is -9.26. The molecule has 17 amide bonds. The van der Waals surface area contributed by atoms with E-state index >= 15 is 0 Å². The summed E-state index contributed by atoms with van der Waals surface area (Å²) in [7, 11) is 0. The van der Waals surface area contributed by atoms with Crippen LogP contribution < -0.4 is 125 Å². The average Bonchev–Trinajstić information content (AvgIpc) is 0.841. The molecule has 0 aromatic heterocycles. The minimum atomic E-state index is -1.72. The summed E-state index contributed by atoms with van der Waals surface area (Å²) in [6.07, 6.45) is -3.52. The Morgan fingerprint density at radius 1 is 0.412 bits per heavy atom. The van der Waals surface area contributed by atoms with E-state index in [-0.39, 0.29) is 82.9 Å². The average molecular weight is 1720 g/mol. The number of hydrogen-bond donors (Lipinski definition) is 29. The van der Waals surface area contributed by atoms with Crippen LogP contribution in [0.5, 0.6) is 0 Å². The zero-order valence-corrected chi connectivity index (χ0v) is 69.9. The molecule has 34 N–H and O–H groups in total. The summed E-state index contributed by atoms with van der Waals surface area (Å²) >= 11 is 8.48. The molecular weight excluding hydrogens is 1600 g/mol. The first-order valence-electron chi connectivity index (χ1n) is 38.7. The highest BCUT2D eigenvalue weighted by Gasteiger charge is 2.39. The maximum atomic E-state index is 14.8. The van der Waals surface area contributed by atoms with E-state index in [0.29, 0.717) is 12.0 Å². The van der Waals surface area contributed by atoms with Crippen molar-refractivity contribution >= 4 is 144 Å². The standard InChI is InChI=1S/C72H123N25O20S2/c1-9-36(6)56(69(115)94-48(33-119)65(111)96-55(35(4)5)68(114)93-47(32-118)64(110)85-37(7)57(103)91-46(30-51(76)101)58(104)84-31-52(102)86-44(70(116)117)21-16-28-83-72(80)81)97-62(108)43(23-25-50(75)100)89-63(109)45(29-39-17-11-10-12-18-39)92-67(113)54(34(2)3)95-61(107)40(19-13-14-26-73)87-60(106)42(22-24-49(74)99)88-59(105)41(20-15-27-82-71(78)79)90-66(112)53(77)38(8)98/h10-12,17-18,34-38,40-48,53-56,98,118-119H,9,13-16,19-33,73,77H2,1-8H3,(H2,74,99)(H2,75,100)(H2,76,101)(H,84,104)(H,85,110)(H,86,102)(H,87,106)(H,88,105)(H,89,109)(H,90,112)(H,91,103)(H,92,113)(H,93,114)(H,94,115)(H,95,107)(H,96,111)(H,97,108)(H,116,117)(H4,78,79,82)(H4,80,81,83)/t36-,37-,38+,40-,41-,42-,43-,44-,45-,46-,47-,48-,53-,54-,55-,56-/m0/s1. The highest BCUT2D eigenvalue weighted by atomic mass is 32.1. The predicted molar refractivity (Wildman–Crippen MR) is 440 cm³/mol. The van der Waals surface area contributed by atoms with Gasteiger partial charge in [-0.2, -0.15) is 25.3 Å². The lowest BCUT2D eigenvalue weighted by Gasteiger charge is -2.30. The van der Waals surface area contributed by atoms with Crippen LogP contribution in [0.2, 0.25) is 0 Å². The number of benzene rings is 1. The largest absolute Gasteiger partial charge is 0.480 e. The molecule has 0 saturated carbocycles. The minimum Gasteiger partial charge on any atom is -0.480 e. The number of carboxylic acid groups (broad SMARTS) is 1. The van der Waals surface area contributed by atoms with E-state index in [1.54, 1.807) is 58.0 Å². The monoisotopic (exact) mass is 1720 g/mol. The Hall–Kier alpha value is -11.2. The first kappa shape index (κ1) is 106. The van der Waals surface area contributed by atoms with E-state index in [4.69, 9.17) is 51.0 Å². The molecular formula is C72H123N25O20S2. The van der Waals surface area contributed by atoms with E-state index < -0.39 is 265 Å². The summed E-state index contributed by atoms with van der Waals surface area (Å²) in [4.78, 5) is 243. The number of aliphatic carboxylic acids is 1. The molecule has 47 heteroatoms. The van der Waals surface area contributed by atoms with E-state index in [1.807, 2.05) is 0 Å². The summed E-state index contributed by atoms with van der Waals surface area (Å²) in [5.74, 6) is -21.9. The van der Waals surface area contributed by atoms with Crippen LogP contribution in [0.4, 0.5) is 0 Å². The molecule has 16 atom stereocenters. The van der Waals surface area contributed by atoms with Crippen molar-refractivity contribution in [3.63, 3.8) is 0 Å². The lowest BCUT2D eigenvalue weighted by molar-refractivity contribution is -0.142. The number of nitrogens with one attached hydrogen (secondary N) is 18. The van der Waals surface area contributed by atoms with Gasteiger partial charge in [-0.15, -0.1) is 0 Å². The summed E-state index contributed by atoms with van der Waals surface area (Å²) in [6.45, 7) is 11.4. The number of amides is 17. The Bertz CT molecular complexity index is 3640.